The number of hydrogen-bond acceptors (Lipinski definition) is 2. The second-order valence-corrected chi connectivity index (χ2v) is 8.35. The zero-order chi connectivity index (χ0) is 19.6. The Kier molecular flexibility index (Phi) is 4.86. The Balaban J connectivity index is 1.36. The summed E-state index contributed by atoms with van der Waals surface area (Å²) >= 11 is 1.64. The van der Waals surface area contributed by atoms with Crippen LogP contribution in [-0.4, -0.2) is 22.8 Å². The van der Waals surface area contributed by atoms with Gasteiger partial charge in [0.25, 0.3) is 0 Å². The fraction of sp³-hybridized carbons (Fsp3) is 0.160. The van der Waals surface area contributed by atoms with E-state index in [1.807, 2.05) is 23.1 Å². The van der Waals surface area contributed by atoms with Gasteiger partial charge in [0.15, 0.2) is 0 Å². The van der Waals surface area contributed by atoms with Crippen LogP contribution >= 0.6 is 11.8 Å². The summed E-state index contributed by atoms with van der Waals surface area (Å²) in [7, 11) is 0. The van der Waals surface area contributed by atoms with E-state index in [0.29, 0.717) is 5.75 Å². The molecule has 4 aromatic rings. The molecule has 4 heteroatoms. The molecule has 5 rings (SSSR count). The number of fused-ring (bicyclic) bond motifs is 2. The van der Waals surface area contributed by atoms with Crippen LogP contribution in [0.3, 0.4) is 0 Å². The van der Waals surface area contributed by atoms with Gasteiger partial charge in [-0.1, -0.05) is 66.7 Å². The molecule has 3 aromatic carbocycles. The molecular formula is C25H22N2OS. The van der Waals surface area contributed by atoms with Gasteiger partial charge in [0, 0.05) is 40.8 Å². The third-order valence-electron chi connectivity index (χ3n) is 5.49. The number of para-hydroxylation sites is 2. The maximum atomic E-state index is 12.9. The van der Waals surface area contributed by atoms with E-state index in [9.17, 15) is 4.79 Å². The molecule has 1 aliphatic rings. The molecule has 29 heavy (non-hydrogen) atoms. The molecule has 3 nitrogen and oxygen atoms in total. The van der Waals surface area contributed by atoms with E-state index in [-0.39, 0.29) is 5.91 Å². The van der Waals surface area contributed by atoms with E-state index in [4.69, 9.17) is 0 Å². The number of aromatic nitrogens is 1. The van der Waals surface area contributed by atoms with Crippen molar-refractivity contribution in [2.75, 3.05) is 17.2 Å². The Hall–Kier alpha value is -2.98. The molecule has 2 heterocycles. The van der Waals surface area contributed by atoms with Crippen molar-refractivity contribution in [1.29, 1.82) is 0 Å². The summed E-state index contributed by atoms with van der Waals surface area (Å²) in [6.07, 6.45) is 3.14. The molecule has 144 valence electrons. The van der Waals surface area contributed by atoms with E-state index >= 15 is 0 Å². The van der Waals surface area contributed by atoms with E-state index in [1.165, 1.54) is 22.0 Å². The molecule has 0 fully saturated rings. The minimum absolute atomic E-state index is 0.180. The first kappa shape index (κ1) is 18.1. The van der Waals surface area contributed by atoms with Crippen LogP contribution in [0.2, 0.25) is 0 Å². The fourth-order valence-corrected chi connectivity index (χ4v) is 5.02. The number of thioether (sulfide) groups is 1. The lowest BCUT2D eigenvalue weighted by atomic mass is 10.2. The third kappa shape index (κ3) is 3.56. The normalized spacial score (nSPS) is 13.0. The smallest absolute Gasteiger partial charge is 0.237 e. The van der Waals surface area contributed by atoms with E-state index < -0.39 is 0 Å². The number of carbonyl (C=O) groups is 1. The van der Waals surface area contributed by atoms with Crippen LogP contribution in [0.25, 0.3) is 10.9 Å². The number of carbonyl (C=O) groups excluding carboxylic acids is 1. The molecule has 0 spiro atoms. The Bertz CT molecular complexity index is 1170. The van der Waals surface area contributed by atoms with Gasteiger partial charge in [-0.3, -0.25) is 4.79 Å². The van der Waals surface area contributed by atoms with Gasteiger partial charge >= 0.3 is 0 Å². The first-order valence-corrected chi connectivity index (χ1v) is 10.9. The van der Waals surface area contributed by atoms with Crippen LogP contribution < -0.4 is 4.90 Å². The number of nitrogens with zero attached hydrogens (tertiary/aromatic N) is 2. The van der Waals surface area contributed by atoms with E-state index in [0.717, 1.165) is 30.1 Å². The second kappa shape index (κ2) is 7.80. The molecule has 0 saturated heterocycles. The Morgan fingerprint density at radius 3 is 2.55 bits per heavy atom. The standard InChI is InChI=1S/C25H22N2OS/c28-25(27-15-14-20-10-4-6-12-22(20)27)18-29-24-17-26(16-19-8-2-1-3-9-19)23-13-7-5-11-21(23)24/h1-13,17H,14-16,18H2. The largest absolute Gasteiger partial charge is 0.342 e. The van der Waals surface area contributed by atoms with Crippen LogP contribution in [0.15, 0.2) is 90.0 Å². The maximum absolute atomic E-state index is 12.9. The molecule has 0 bridgehead atoms. The SMILES string of the molecule is O=C(CSc1cn(Cc2ccccc2)c2ccccc12)N1CCc2ccccc21. The number of anilines is 1. The summed E-state index contributed by atoms with van der Waals surface area (Å²) in [4.78, 5) is 16.0. The predicted octanol–water partition coefficient (Wildman–Crippen LogP) is 5.37. The van der Waals surface area contributed by atoms with Gasteiger partial charge < -0.3 is 9.47 Å². The molecular weight excluding hydrogens is 376 g/mol. The topological polar surface area (TPSA) is 25.2 Å². The van der Waals surface area contributed by atoms with Gasteiger partial charge in [-0.25, -0.2) is 0 Å². The van der Waals surface area contributed by atoms with Gasteiger partial charge in [0.05, 0.1) is 5.75 Å². The third-order valence-corrected chi connectivity index (χ3v) is 6.51. The molecule has 1 amide bonds. The van der Waals surface area contributed by atoms with Gasteiger partial charge in [0.2, 0.25) is 5.91 Å². The highest BCUT2D eigenvalue weighted by Crippen LogP contribution is 2.32. The number of hydrogen-bond donors (Lipinski definition) is 0. The van der Waals surface area contributed by atoms with Crippen LogP contribution in [-0.2, 0) is 17.8 Å². The zero-order valence-corrected chi connectivity index (χ0v) is 16.9. The Morgan fingerprint density at radius 2 is 1.66 bits per heavy atom. The fourth-order valence-electron chi connectivity index (χ4n) is 4.05. The monoisotopic (exact) mass is 398 g/mol. The molecule has 1 aromatic heterocycles. The number of benzene rings is 3. The lowest BCUT2D eigenvalue weighted by Crippen LogP contribution is -2.30. The lowest BCUT2D eigenvalue weighted by molar-refractivity contribution is -0.116. The van der Waals surface area contributed by atoms with Crippen molar-refractivity contribution in [1.82, 2.24) is 4.57 Å². The van der Waals surface area contributed by atoms with Crippen LogP contribution in [0.5, 0.6) is 0 Å². The van der Waals surface area contributed by atoms with Gasteiger partial charge in [-0.2, -0.15) is 0 Å². The molecule has 0 aliphatic carbocycles. The van der Waals surface area contributed by atoms with Crippen molar-refractivity contribution in [2.24, 2.45) is 0 Å². The quantitative estimate of drug-likeness (QED) is 0.422. The summed E-state index contributed by atoms with van der Waals surface area (Å²) in [6.45, 7) is 1.61. The summed E-state index contributed by atoms with van der Waals surface area (Å²) in [5.41, 5.74) is 4.82. The first-order valence-electron chi connectivity index (χ1n) is 9.92. The van der Waals surface area contributed by atoms with Crippen LogP contribution in [0.1, 0.15) is 11.1 Å². The average Bonchev–Trinajstić information content (AvgIpc) is 3.35. The van der Waals surface area contributed by atoms with Crippen molar-refractivity contribution >= 4 is 34.3 Å². The Morgan fingerprint density at radius 1 is 0.897 bits per heavy atom. The molecule has 0 atom stereocenters. The molecule has 0 N–H and O–H groups in total. The van der Waals surface area contributed by atoms with Crippen molar-refractivity contribution in [2.45, 2.75) is 17.9 Å². The predicted molar refractivity (Wildman–Crippen MR) is 121 cm³/mol. The molecule has 0 unspecified atom stereocenters. The van der Waals surface area contributed by atoms with Crippen molar-refractivity contribution < 1.29 is 4.79 Å². The molecule has 0 saturated carbocycles. The van der Waals surface area contributed by atoms with Gasteiger partial charge in [-0.05, 0) is 29.7 Å². The van der Waals surface area contributed by atoms with E-state index in [1.54, 1.807) is 11.8 Å². The second-order valence-electron chi connectivity index (χ2n) is 7.34. The highest BCUT2D eigenvalue weighted by molar-refractivity contribution is 8.00. The highest BCUT2D eigenvalue weighted by atomic mass is 32.2. The lowest BCUT2D eigenvalue weighted by Gasteiger charge is -2.16. The highest BCUT2D eigenvalue weighted by Gasteiger charge is 2.24. The minimum atomic E-state index is 0.180. The number of amides is 1. The first-order chi connectivity index (χ1) is 14.3. The summed E-state index contributed by atoms with van der Waals surface area (Å²) in [5, 5.41) is 1.21. The summed E-state index contributed by atoms with van der Waals surface area (Å²) < 4.78 is 2.28. The van der Waals surface area contributed by atoms with Gasteiger partial charge in [-0.15, -0.1) is 11.8 Å². The van der Waals surface area contributed by atoms with Crippen molar-refractivity contribution in [3.8, 4) is 0 Å². The average molecular weight is 399 g/mol. The Labute approximate surface area is 175 Å². The summed E-state index contributed by atoms with van der Waals surface area (Å²) in [6, 6.07) is 27.2. The zero-order valence-electron chi connectivity index (χ0n) is 16.1. The maximum Gasteiger partial charge on any atom is 0.237 e. The van der Waals surface area contributed by atoms with Crippen LogP contribution in [0.4, 0.5) is 5.69 Å². The van der Waals surface area contributed by atoms with Gasteiger partial charge in [0.1, 0.15) is 0 Å². The van der Waals surface area contributed by atoms with Crippen molar-refractivity contribution in [3.05, 3.63) is 96.2 Å². The molecule has 1 aliphatic heterocycles. The minimum Gasteiger partial charge on any atom is -0.342 e. The molecule has 0 radical (unpaired) electrons. The van der Waals surface area contributed by atoms with Crippen molar-refractivity contribution in [3.63, 3.8) is 0 Å². The number of rotatable bonds is 5. The van der Waals surface area contributed by atoms with Crippen LogP contribution in [0, 0.1) is 0 Å². The van der Waals surface area contributed by atoms with E-state index in [2.05, 4.69) is 71.4 Å². The summed E-state index contributed by atoms with van der Waals surface area (Å²) in [5.74, 6) is 0.632.